The van der Waals surface area contributed by atoms with Gasteiger partial charge >= 0.3 is 0 Å². The van der Waals surface area contributed by atoms with Crippen LogP contribution in [0.1, 0.15) is 16.1 Å². The van der Waals surface area contributed by atoms with E-state index in [1.807, 2.05) is 13.0 Å². The second kappa shape index (κ2) is 4.97. The van der Waals surface area contributed by atoms with Gasteiger partial charge in [0.2, 0.25) is 0 Å². The van der Waals surface area contributed by atoms with E-state index >= 15 is 0 Å². The molecular formula is C15H11F2N3O. The summed E-state index contributed by atoms with van der Waals surface area (Å²) in [5.74, 6) is -2.33. The molecule has 4 nitrogen and oxygen atoms in total. The van der Waals surface area contributed by atoms with Crippen LogP contribution in [0.25, 0.3) is 5.65 Å². The highest BCUT2D eigenvalue weighted by Gasteiger charge is 2.15. The number of aryl methyl sites for hydroxylation is 1. The molecule has 0 aliphatic carbocycles. The molecule has 0 aliphatic rings. The second-order valence-electron chi connectivity index (χ2n) is 4.65. The summed E-state index contributed by atoms with van der Waals surface area (Å²) in [6.45, 7) is 1.91. The number of halogens is 2. The minimum Gasteiger partial charge on any atom is -0.316 e. The summed E-state index contributed by atoms with van der Waals surface area (Å²) < 4.78 is 28.7. The van der Waals surface area contributed by atoms with Crippen molar-refractivity contribution >= 4 is 17.2 Å². The van der Waals surface area contributed by atoms with Crippen LogP contribution in [0.15, 0.2) is 42.7 Å². The number of imidazole rings is 1. The first-order valence-corrected chi connectivity index (χ1v) is 6.25. The molecule has 0 unspecified atom stereocenters. The van der Waals surface area contributed by atoms with Crippen LogP contribution in [0.4, 0.5) is 14.5 Å². The summed E-state index contributed by atoms with van der Waals surface area (Å²) in [6, 6.07) is 7.05. The molecule has 2 aromatic heterocycles. The van der Waals surface area contributed by atoms with Crippen LogP contribution in [-0.2, 0) is 0 Å². The van der Waals surface area contributed by atoms with E-state index in [2.05, 4.69) is 10.3 Å². The molecule has 106 valence electrons. The molecule has 0 aliphatic heterocycles. The first kappa shape index (κ1) is 13.2. The van der Waals surface area contributed by atoms with Gasteiger partial charge in [-0.25, -0.2) is 13.8 Å². The predicted molar refractivity (Wildman–Crippen MR) is 74.2 cm³/mol. The lowest BCUT2D eigenvalue weighted by molar-refractivity contribution is 0.102. The molecule has 6 heteroatoms. The molecule has 3 rings (SSSR count). The number of aromatic nitrogens is 2. The Kier molecular flexibility index (Phi) is 3.13. The van der Waals surface area contributed by atoms with Crippen LogP contribution in [0.2, 0.25) is 0 Å². The third kappa shape index (κ3) is 2.47. The van der Waals surface area contributed by atoms with E-state index in [9.17, 15) is 13.6 Å². The van der Waals surface area contributed by atoms with Crippen molar-refractivity contribution in [2.75, 3.05) is 5.32 Å². The van der Waals surface area contributed by atoms with Gasteiger partial charge in [-0.05, 0) is 36.8 Å². The number of amides is 1. The number of benzene rings is 1. The largest absolute Gasteiger partial charge is 0.316 e. The molecule has 0 saturated heterocycles. The normalized spacial score (nSPS) is 10.8. The predicted octanol–water partition coefficient (Wildman–Crippen LogP) is 3.17. The van der Waals surface area contributed by atoms with Gasteiger partial charge in [-0.15, -0.1) is 0 Å². The van der Waals surface area contributed by atoms with Crippen LogP contribution < -0.4 is 5.32 Å². The Morgan fingerprint density at radius 1 is 1.24 bits per heavy atom. The minimum atomic E-state index is -0.831. The van der Waals surface area contributed by atoms with Gasteiger partial charge in [0, 0.05) is 12.4 Å². The van der Waals surface area contributed by atoms with Crippen molar-refractivity contribution in [3.8, 4) is 0 Å². The van der Waals surface area contributed by atoms with Gasteiger partial charge in [0.25, 0.3) is 5.91 Å². The summed E-state index contributed by atoms with van der Waals surface area (Å²) in [5, 5.41) is 2.21. The Balaban J connectivity index is 1.94. The fraction of sp³-hybridized carbons (Fsp3) is 0.0667. The van der Waals surface area contributed by atoms with Crippen LogP contribution in [0.5, 0.6) is 0 Å². The number of nitrogens with one attached hydrogen (secondary N) is 1. The lowest BCUT2D eigenvalue weighted by Gasteiger charge is -2.05. The van der Waals surface area contributed by atoms with Gasteiger partial charge < -0.3 is 9.72 Å². The second-order valence-corrected chi connectivity index (χ2v) is 4.65. The quantitative estimate of drug-likeness (QED) is 0.787. The highest BCUT2D eigenvalue weighted by Crippen LogP contribution is 2.19. The topological polar surface area (TPSA) is 46.4 Å². The Labute approximate surface area is 119 Å². The number of rotatable bonds is 2. The molecule has 1 aromatic carbocycles. The van der Waals surface area contributed by atoms with Gasteiger partial charge in [0.05, 0.1) is 0 Å². The monoisotopic (exact) mass is 287 g/mol. The number of carbonyl (C=O) groups is 1. The zero-order chi connectivity index (χ0) is 15.0. The van der Waals surface area contributed by atoms with E-state index in [1.54, 1.807) is 16.7 Å². The summed E-state index contributed by atoms with van der Waals surface area (Å²) in [4.78, 5) is 16.2. The molecule has 0 saturated carbocycles. The molecule has 0 spiro atoms. The molecule has 1 amide bonds. The molecular weight excluding hydrogens is 276 g/mol. The summed E-state index contributed by atoms with van der Waals surface area (Å²) in [5.41, 5.74) is 1.20. The zero-order valence-corrected chi connectivity index (χ0v) is 11.1. The number of pyridine rings is 1. The van der Waals surface area contributed by atoms with Crippen molar-refractivity contribution in [1.29, 1.82) is 0 Å². The molecule has 0 atom stereocenters. The molecule has 0 bridgehead atoms. The van der Waals surface area contributed by atoms with Crippen LogP contribution >= 0.6 is 0 Å². The number of anilines is 1. The Hall–Kier alpha value is -2.76. The van der Waals surface area contributed by atoms with Crippen LogP contribution in [-0.4, -0.2) is 15.3 Å². The van der Waals surface area contributed by atoms with Crippen molar-refractivity contribution in [2.24, 2.45) is 0 Å². The van der Waals surface area contributed by atoms with E-state index in [1.165, 1.54) is 12.3 Å². The average molecular weight is 287 g/mol. The number of hydrogen-bond donors (Lipinski definition) is 1. The fourth-order valence-corrected chi connectivity index (χ4v) is 1.99. The Bertz CT molecular complexity index is 822. The zero-order valence-electron chi connectivity index (χ0n) is 11.1. The summed E-state index contributed by atoms with van der Waals surface area (Å²) in [7, 11) is 0. The number of fused-ring (bicyclic) bond motifs is 1. The third-order valence-corrected chi connectivity index (χ3v) is 3.05. The van der Waals surface area contributed by atoms with Gasteiger partial charge in [-0.2, -0.15) is 0 Å². The van der Waals surface area contributed by atoms with Crippen molar-refractivity contribution in [3.05, 3.63) is 65.6 Å². The lowest BCUT2D eigenvalue weighted by Crippen LogP contribution is -2.14. The number of carbonyl (C=O) groups excluding carboxylic acids is 1. The van der Waals surface area contributed by atoms with Crippen LogP contribution in [0, 0.1) is 18.6 Å². The van der Waals surface area contributed by atoms with Gasteiger partial charge in [0.1, 0.15) is 28.7 Å². The molecule has 1 N–H and O–H groups in total. The third-order valence-electron chi connectivity index (χ3n) is 3.05. The molecule has 3 aromatic rings. The number of para-hydroxylation sites is 1. The Morgan fingerprint density at radius 2 is 1.95 bits per heavy atom. The van der Waals surface area contributed by atoms with Gasteiger partial charge in [-0.1, -0.05) is 6.07 Å². The fourth-order valence-electron chi connectivity index (χ4n) is 1.99. The van der Waals surface area contributed by atoms with Gasteiger partial charge in [0.15, 0.2) is 0 Å². The van der Waals surface area contributed by atoms with Crippen molar-refractivity contribution in [2.45, 2.75) is 6.92 Å². The minimum absolute atomic E-state index is 0.0863. The first-order valence-electron chi connectivity index (χ1n) is 6.25. The first-order chi connectivity index (χ1) is 10.0. The van der Waals surface area contributed by atoms with Gasteiger partial charge in [-0.3, -0.25) is 4.79 Å². The maximum Gasteiger partial charge on any atom is 0.276 e. The van der Waals surface area contributed by atoms with Crippen LogP contribution in [0.3, 0.4) is 0 Å². The maximum atomic E-state index is 13.5. The molecule has 21 heavy (non-hydrogen) atoms. The number of nitrogens with zero attached hydrogens (tertiary/aromatic N) is 2. The lowest BCUT2D eigenvalue weighted by atomic mass is 10.3. The van der Waals surface area contributed by atoms with Crippen molar-refractivity contribution in [1.82, 2.24) is 9.38 Å². The SMILES string of the molecule is Cc1ccn2cc(C(=O)Nc3c(F)cccc3F)nc2c1. The summed E-state index contributed by atoms with van der Waals surface area (Å²) in [6.07, 6.45) is 3.26. The van der Waals surface area contributed by atoms with E-state index < -0.39 is 23.2 Å². The van der Waals surface area contributed by atoms with E-state index in [0.717, 1.165) is 17.7 Å². The standard InChI is InChI=1S/C15H11F2N3O/c1-9-5-6-20-8-12(18-13(20)7-9)15(21)19-14-10(16)3-2-4-11(14)17/h2-8H,1H3,(H,19,21). The maximum absolute atomic E-state index is 13.5. The van der Waals surface area contributed by atoms with Crippen molar-refractivity contribution < 1.29 is 13.6 Å². The highest BCUT2D eigenvalue weighted by molar-refractivity contribution is 6.03. The van der Waals surface area contributed by atoms with E-state index in [4.69, 9.17) is 0 Å². The Morgan fingerprint density at radius 3 is 2.67 bits per heavy atom. The average Bonchev–Trinajstić information content (AvgIpc) is 2.86. The highest BCUT2D eigenvalue weighted by atomic mass is 19.1. The molecule has 0 fully saturated rings. The van der Waals surface area contributed by atoms with E-state index in [-0.39, 0.29) is 5.69 Å². The summed E-state index contributed by atoms with van der Waals surface area (Å²) >= 11 is 0. The van der Waals surface area contributed by atoms with E-state index in [0.29, 0.717) is 5.65 Å². The molecule has 0 radical (unpaired) electrons. The smallest absolute Gasteiger partial charge is 0.276 e. The number of hydrogen-bond acceptors (Lipinski definition) is 2. The molecule has 2 heterocycles. The van der Waals surface area contributed by atoms with Crippen molar-refractivity contribution in [3.63, 3.8) is 0 Å².